The molecule has 0 aromatic heterocycles. The third kappa shape index (κ3) is 5.53. The standard InChI is InChI=1S/C13H28N2/c1-3-4-5-6-7-9-15-10-8-13(12-15)11-14-2/h13-14H,3-12H2,1-2H3. The lowest BCUT2D eigenvalue weighted by atomic mass is 10.1. The van der Waals surface area contributed by atoms with Gasteiger partial charge in [-0.05, 0) is 45.4 Å². The summed E-state index contributed by atoms with van der Waals surface area (Å²) < 4.78 is 0. The highest BCUT2D eigenvalue weighted by Gasteiger charge is 2.20. The van der Waals surface area contributed by atoms with Crippen LogP contribution < -0.4 is 5.32 Å². The van der Waals surface area contributed by atoms with Crippen molar-refractivity contribution in [3.05, 3.63) is 0 Å². The highest BCUT2D eigenvalue weighted by molar-refractivity contribution is 4.76. The van der Waals surface area contributed by atoms with E-state index in [1.807, 2.05) is 0 Å². The summed E-state index contributed by atoms with van der Waals surface area (Å²) in [6.07, 6.45) is 8.45. The molecule has 90 valence electrons. The first kappa shape index (κ1) is 13.0. The number of nitrogens with zero attached hydrogens (tertiary/aromatic N) is 1. The lowest BCUT2D eigenvalue weighted by molar-refractivity contribution is 0.313. The fourth-order valence-electron chi connectivity index (χ4n) is 2.51. The van der Waals surface area contributed by atoms with Crippen LogP contribution in [0, 0.1) is 5.92 Å². The Morgan fingerprint density at radius 2 is 2.00 bits per heavy atom. The summed E-state index contributed by atoms with van der Waals surface area (Å²) in [5.41, 5.74) is 0. The van der Waals surface area contributed by atoms with E-state index in [1.54, 1.807) is 0 Å². The molecule has 0 saturated carbocycles. The van der Waals surface area contributed by atoms with Gasteiger partial charge in [-0.2, -0.15) is 0 Å². The van der Waals surface area contributed by atoms with Crippen molar-refractivity contribution in [3.63, 3.8) is 0 Å². The molecule has 2 nitrogen and oxygen atoms in total. The number of hydrogen-bond acceptors (Lipinski definition) is 2. The fourth-order valence-corrected chi connectivity index (χ4v) is 2.51. The van der Waals surface area contributed by atoms with Crippen LogP contribution in [0.4, 0.5) is 0 Å². The summed E-state index contributed by atoms with van der Waals surface area (Å²) in [4.78, 5) is 2.65. The molecular weight excluding hydrogens is 184 g/mol. The van der Waals surface area contributed by atoms with Crippen molar-refractivity contribution < 1.29 is 0 Å². The maximum Gasteiger partial charge on any atom is 0.00223 e. The molecule has 0 aliphatic carbocycles. The van der Waals surface area contributed by atoms with Gasteiger partial charge in [-0.25, -0.2) is 0 Å². The van der Waals surface area contributed by atoms with Crippen molar-refractivity contribution >= 4 is 0 Å². The summed E-state index contributed by atoms with van der Waals surface area (Å²) in [6, 6.07) is 0. The molecule has 0 amide bonds. The number of hydrogen-bond donors (Lipinski definition) is 1. The van der Waals surface area contributed by atoms with Crippen LogP contribution in [-0.2, 0) is 0 Å². The maximum absolute atomic E-state index is 3.29. The van der Waals surface area contributed by atoms with Crippen molar-refractivity contribution in [1.29, 1.82) is 0 Å². The molecule has 0 aromatic carbocycles. The van der Waals surface area contributed by atoms with E-state index in [0.717, 1.165) is 5.92 Å². The van der Waals surface area contributed by atoms with E-state index >= 15 is 0 Å². The Hall–Kier alpha value is -0.0800. The van der Waals surface area contributed by atoms with Crippen molar-refractivity contribution in [2.45, 2.75) is 45.4 Å². The minimum Gasteiger partial charge on any atom is -0.319 e. The Morgan fingerprint density at radius 1 is 1.20 bits per heavy atom. The molecule has 1 N–H and O–H groups in total. The molecule has 1 aliphatic rings. The van der Waals surface area contributed by atoms with Gasteiger partial charge in [-0.15, -0.1) is 0 Å². The van der Waals surface area contributed by atoms with Crippen molar-refractivity contribution in [2.24, 2.45) is 5.92 Å². The smallest absolute Gasteiger partial charge is 0.00223 e. The molecule has 1 rings (SSSR count). The summed E-state index contributed by atoms with van der Waals surface area (Å²) in [5.74, 6) is 0.908. The second kappa shape index (κ2) is 8.12. The van der Waals surface area contributed by atoms with Crippen molar-refractivity contribution in [3.8, 4) is 0 Å². The average Bonchev–Trinajstić information content (AvgIpc) is 2.66. The zero-order valence-electron chi connectivity index (χ0n) is 10.6. The summed E-state index contributed by atoms with van der Waals surface area (Å²) in [7, 11) is 2.06. The molecule has 15 heavy (non-hydrogen) atoms. The van der Waals surface area contributed by atoms with E-state index in [-0.39, 0.29) is 0 Å². The van der Waals surface area contributed by atoms with Gasteiger partial charge in [0.1, 0.15) is 0 Å². The van der Waals surface area contributed by atoms with Crippen LogP contribution in [0.25, 0.3) is 0 Å². The molecule has 1 fully saturated rings. The molecule has 1 heterocycles. The first-order valence-corrected chi connectivity index (χ1v) is 6.73. The highest BCUT2D eigenvalue weighted by Crippen LogP contribution is 2.16. The van der Waals surface area contributed by atoms with E-state index in [0.29, 0.717) is 0 Å². The maximum atomic E-state index is 3.29. The Balaban J connectivity index is 1.94. The van der Waals surface area contributed by atoms with Gasteiger partial charge in [0.2, 0.25) is 0 Å². The third-order valence-electron chi connectivity index (χ3n) is 3.44. The topological polar surface area (TPSA) is 15.3 Å². The Kier molecular flexibility index (Phi) is 7.03. The first-order valence-electron chi connectivity index (χ1n) is 6.73. The quantitative estimate of drug-likeness (QED) is 0.622. The minimum atomic E-state index is 0.908. The van der Waals surface area contributed by atoms with Gasteiger partial charge in [0, 0.05) is 6.54 Å². The zero-order chi connectivity index (χ0) is 10.9. The van der Waals surface area contributed by atoms with E-state index in [1.165, 1.54) is 64.7 Å². The van der Waals surface area contributed by atoms with Gasteiger partial charge in [0.05, 0.1) is 0 Å². The number of rotatable bonds is 8. The average molecular weight is 212 g/mol. The van der Waals surface area contributed by atoms with Gasteiger partial charge >= 0.3 is 0 Å². The number of nitrogens with one attached hydrogen (secondary N) is 1. The summed E-state index contributed by atoms with van der Waals surface area (Å²) >= 11 is 0. The fraction of sp³-hybridized carbons (Fsp3) is 1.00. The minimum absolute atomic E-state index is 0.908. The highest BCUT2D eigenvalue weighted by atomic mass is 15.1. The van der Waals surface area contributed by atoms with Crippen LogP contribution in [0.2, 0.25) is 0 Å². The lowest BCUT2D eigenvalue weighted by Gasteiger charge is -2.15. The van der Waals surface area contributed by atoms with E-state index in [2.05, 4.69) is 24.2 Å². The van der Waals surface area contributed by atoms with Gasteiger partial charge in [-0.3, -0.25) is 0 Å². The van der Waals surface area contributed by atoms with E-state index in [9.17, 15) is 0 Å². The van der Waals surface area contributed by atoms with Crippen LogP contribution in [0.3, 0.4) is 0 Å². The number of unbranched alkanes of at least 4 members (excludes halogenated alkanes) is 4. The largest absolute Gasteiger partial charge is 0.319 e. The molecule has 0 radical (unpaired) electrons. The van der Waals surface area contributed by atoms with Crippen LogP contribution in [0.1, 0.15) is 45.4 Å². The lowest BCUT2D eigenvalue weighted by Crippen LogP contribution is -2.25. The molecule has 0 aromatic rings. The van der Waals surface area contributed by atoms with Crippen molar-refractivity contribution in [2.75, 3.05) is 33.2 Å². The predicted octanol–water partition coefficient (Wildman–Crippen LogP) is 2.50. The first-order chi connectivity index (χ1) is 7.36. The van der Waals surface area contributed by atoms with E-state index < -0.39 is 0 Å². The van der Waals surface area contributed by atoms with Gasteiger partial charge in [0.15, 0.2) is 0 Å². The SMILES string of the molecule is CCCCCCCN1CCC(CNC)C1. The van der Waals surface area contributed by atoms with E-state index in [4.69, 9.17) is 0 Å². The molecular formula is C13H28N2. The molecule has 1 atom stereocenters. The Labute approximate surface area is 95.4 Å². The van der Waals surface area contributed by atoms with Crippen molar-refractivity contribution in [1.82, 2.24) is 10.2 Å². The predicted molar refractivity (Wildman–Crippen MR) is 67.2 cm³/mol. The molecule has 1 aliphatic heterocycles. The van der Waals surface area contributed by atoms with Crippen LogP contribution in [-0.4, -0.2) is 38.1 Å². The molecule has 1 saturated heterocycles. The van der Waals surface area contributed by atoms with Gasteiger partial charge in [-0.1, -0.05) is 32.6 Å². The summed E-state index contributed by atoms with van der Waals surface area (Å²) in [5, 5.41) is 3.29. The third-order valence-corrected chi connectivity index (χ3v) is 3.44. The van der Waals surface area contributed by atoms with Crippen LogP contribution in [0.15, 0.2) is 0 Å². The molecule has 1 unspecified atom stereocenters. The van der Waals surface area contributed by atoms with Gasteiger partial charge in [0.25, 0.3) is 0 Å². The Bertz CT molecular complexity index is 147. The zero-order valence-corrected chi connectivity index (χ0v) is 10.6. The van der Waals surface area contributed by atoms with Crippen LogP contribution >= 0.6 is 0 Å². The molecule has 0 spiro atoms. The normalized spacial score (nSPS) is 22.4. The monoisotopic (exact) mass is 212 g/mol. The van der Waals surface area contributed by atoms with Crippen LogP contribution in [0.5, 0.6) is 0 Å². The molecule has 2 heteroatoms. The van der Waals surface area contributed by atoms with Gasteiger partial charge < -0.3 is 10.2 Å². The second-order valence-electron chi connectivity index (χ2n) is 4.93. The summed E-state index contributed by atoms with van der Waals surface area (Å²) in [6.45, 7) is 7.48. The second-order valence-corrected chi connectivity index (χ2v) is 4.93. The molecule has 0 bridgehead atoms. The Morgan fingerprint density at radius 3 is 2.73 bits per heavy atom. The number of likely N-dealkylation sites (tertiary alicyclic amines) is 1.